The first-order valence-corrected chi connectivity index (χ1v) is 8.44. The van der Waals surface area contributed by atoms with Gasteiger partial charge in [0, 0.05) is 13.0 Å². The molecule has 0 saturated carbocycles. The van der Waals surface area contributed by atoms with E-state index in [1.165, 1.54) is 0 Å². The Bertz CT molecular complexity index is 665. The van der Waals surface area contributed by atoms with Gasteiger partial charge in [-0.2, -0.15) is 0 Å². The number of aryl methyl sites for hydroxylation is 2. The molecule has 0 unspecified atom stereocenters. The molecule has 4 heteroatoms. The zero-order valence-corrected chi connectivity index (χ0v) is 14.1. The Morgan fingerprint density at radius 1 is 1.00 bits per heavy atom. The van der Waals surface area contributed by atoms with Crippen molar-refractivity contribution in [2.24, 2.45) is 0 Å². The summed E-state index contributed by atoms with van der Waals surface area (Å²) in [7, 11) is 0. The molecule has 2 rings (SSSR count). The first-order chi connectivity index (χ1) is 11.6. The molecule has 0 heterocycles. The third kappa shape index (κ3) is 5.61. The van der Waals surface area contributed by atoms with Crippen LogP contribution in [0.4, 0.5) is 0 Å². The van der Waals surface area contributed by atoms with Crippen LogP contribution < -0.4 is 5.32 Å². The Hall–Kier alpha value is -2.49. The molecule has 2 aromatic rings. The van der Waals surface area contributed by atoms with Gasteiger partial charge in [-0.1, -0.05) is 37.6 Å². The maximum Gasteiger partial charge on any atom is 0.220 e. The van der Waals surface area contributed by atoms with Crippen molar-refractivity contribution < 1.29 is 15.0 Å². The molecule has 24 heavy (non-hydrogen) atoms. The van der Waals surface area contributed by atoms with Crippen LogP contribution in [0, 0.1) is 0 Å². The zero-order chi connectivity index (χ0) is 17.4. The summed E-state index contributed by atoms with van der Waals surface area (Å²) >= 11 is 0. The van der Waals surface area contributed by atoms with Gasteiger partial charge in [-0.05, 0) is 54.2 Å². The summed E-state index contributed by atoms with van der Waals surface area (Å²) in [6, 6.07) is 12.4. The van der Waals surface area contributed by atoms with E-state index in [2.05, 4.69) is 12.2 Å². The molecule has 0 aliphatic rings. The quantitative estimate of drug-likeness (QED) is 0.692. The minimum Gasteiger partial charge on any atom is -0.508 e. The average Bonchev–Trinajstić information content (AvgIpc) is 2.59. The van der Waals surface area contributed by atoms with Crippen LogP contribution in [0.25, 0.3) is 0 Å². The van der Waals surface area contributed by atoms with Crippen LogP contribution in [-0.2, 0) is 24.2 Å². The van der Waals surface area contributed by atoms with Crippen LogP contribution in [0.3, 0.4) is 0 Å². The molecular weight excluding hydrogens is 302 g/mol. The fraction of sp³-hybridized carbons (Fsp3) is 0.350. The number of aromatic hydroxyl groups is 2. The Balaban J connectivity index is 1.81. The Kier molecular flexibility index (Phi) is 6.67. The van der Waals surface area contributed by atoms with E-state index in [-0.39, 0.29) is 11.7 Å². The standard InChI is InChI=1S/C20H25NO3/c1-2-3-4-17-13-15(7-11-19(17)23)8-12-20(24)21-14-16-5-9-18(22)10-6-16/h5-7,9-11,13,22-23H,2-4,8,12,14H2,1H3,(H,21,24). The van der Waals surface area contributed by atoms with E-state index in [4.69, 9.17) is 0 Å². The van der Waals surface area contributed by atoms with E-state index < -0.39 is 0 Å². The fourth-order valence-corrected chi connectivity index (χ4v) is 2.52. The molecule has 0 spiro atoms. The molecule has 0 bridgehead atoms. The maximum atomic E-state index is 12.0. The van der Waals surface area contributed by atoms with E-state index in [9.17, 15) is 15.0 Å². The first-order valence-electron chi connectivity index (χ1n) is 8.44. The first kappa shape index (κ1) is 17.9. The molecule has 0 fully saturated rings. The van der Waals surface area contributed by atoms with E-state index in [0.29, 0.717) is 25.1 Å². The van der Waals surface area contributed by atoms with Crippen molar-refractivity contribution in [3.8, 4) is 11.5 Å². The fourth-order valence-electron chi connectivity index (χ4n) is 2.52. The minimum atomic E-state index is -0.00809. The molecule has 0 atom stereocenters. The number of hydrogen-bond donors (Lipinski definition) is 3. The Morgan fingerprint density at radius 2 is 1.71 bits per heavy atom. The third-order valence-corrected chi connectivity index (χ3v) is 4.01. The van der Waals surface area contributed by atoms with E-state index in [1.54, 1.807) is 30.3 Å². The van der Waals surface area contributed by atoms with Crippen molar-refractivity contribution in [1.29, 1.82) is 0 Å². The van der Waals surface area contributed by atoms with Gasteiger partial charge in [-0.25, -0.2) is 0 Å². The summed E-state index contributed by atoms with van der Waals surface area (Å²) in [5, 5.41) is 22.0. The topological polar surface area (TPSA) is 69.6 Å². The number of unbranched alkanes of at least 4 members (excludes halogenated alkanes) is 1. The molecule has 1 amide bonds. The number of rotatable bonds is 8. The number of benzene rings is 2. The second-order valence-corrected chi connectivity index (χ2v) is 6.01. The highest BCUT2D eigenvalue weighted by atomic mass is 16.3. The molecule has 3 N–H and O–H groups in total. The lowest BCUT2D eigenvalue weighted by molar-refractivity contribution is -0.121. The van der Waals surface area contributed by atoms with Gasteiger partial charge in [-0.3, -0.25) is 4.79 Å². The summed E-state index contributed by atoms with van der Waals surface area (Å²) in [4.78, 5) is 12.0. The van der Waals surface area contributed by atoms with Gasteiger partial charge < -0.3 is 15.5 Å². The third-order valence-electron chi connectivity index (χ3n) is 4.01. The molecule has 128 valence electrons. The van der Waals surface area contributed by atoms with Crippen molar-refractivity contribution in [2.45, 2.75) is 45.6 Å². The highest BCUT2D eigenvalue weighted by molar-refractivity contribution is 5.76. The van der Waals surface area contributed by atoms with Crippen molar-refractivity contribution >= 4 is 5.91 Å². The summed E-state index contributed by atoms with van der Waals surface area (Å²) in [5.74, 6) is 0.548. The lowest BCUT2D eigenvalue weighted by Gasteiger charge is -2.08. The van der Waals surface area contributed by atoms with Crippen LogP contribution in [0.5, 0.6) is 11.5 Å². The average molecular weight is 327 g/mol. The monoisotopic (exact) mass is 327 g/mol. The summed E-state index contributed by atoms with van der Waals surface area (Å²) in [6.07, 6.45) is 4.06. The van der Waals surface area contributed by atoms with Crippen LogP contribution in [-0.4, -0.2) is 16.1 Å². The number of amides is 1. The van der Waals surface area contributed by atoms with Gasteiger partial charge in [0.25, 0.3) is 0 Å². The van der Waals surface area contributed by atoms with Gasteiger partial charge in [0.15, 0.2) is 0 Å². The Morgan fingerprint density at radius 3 is 2.42 bits per heavy atom. The number of carbonyl (C=O) groups is 1. The van der Waals surface area contributed by atoms with E-state index in [0.717, 1.165) is 36.0 Å². The minimum absolute atomic E-state index is 0.00809. The van der Waals surface area contributed by atoms with Crippen molar-refractivity contribution in [3.05, 3.63) is 59.2 Å². The van der Waals surface area contributed by atoms with Crippen LogP contribution in [0.15, 0.2) is 42.5 Å². The predicted octanol–water partition coefficient (Wildman–Crippen LogP) is 3.69. The SMILES string of the molecule is CCCCc1cc(CCC(=O)NCc2ccc(O)cc2)ccc1O. The largest absolute Gasteiger partial charge is 0.508 e. The molecule has 0 saturated heterocycles. The molecule has 2 aromatic carbocycles. The maximum absolute atomic E-state index is 12.0. The smallest absolute Gasteiger partial charge is 0.220 e. The number of nitrogens with one attached hydrogen (secondary N) is 1. The van der Waals surface area contributed by atoms with E-state index >= 15 is 0 Å². The van der Waals surface area contributed by atoms with Crippen LogP contribution >= 0.6 is 0 Å². The molecule has 4 nitrogen and oxygen atoms in total. The van der Waals surface area contributed by atoms with Gasteiger partial charge >= 0.3 is 0 Å². The normalized spacial score (nSPS) is 10.5. The van der Waals surface area contributed by atoms with Gasteiger partial charge in [0.05, 0.1) is 0 Å². The lowest BCUT2D eigenvalue weighted by Crippen LogP contribution is -2.22. The van der Waals surface area contributed by atoms with Crippen LogP contribution in [0.2, 0.25) is 0 Å². The van der Waals surface area contributed by atoms with Crippen molar-refractivity contribution in [3.63, 3.8) is 0 Å². The molecular formula is C20H25NO3. The zero-order valence-electron chi connectivity index (χ0n) is 14.1. The predicted molar refractivity (Wildman–Crippen MR) is 95.0 cm³/mol. The summed E-state index contributed by atoms with van der Waals surface area (Å²) < 4.78 is 0. The Labute approximate surface area is 143 Å². The van der Waals surface area contributed by atoms with Gasteiger partial charge in [0.2, 0.25) is 5.91 Å². The van der Waals surface area contributed by atoms with E-state index in [1.807, 2.05) is 12.1 Å². The van der Waals surface area contributed by atoms with Crippen molar-refractivity contribution in [2.75, 3.05) is 0 Å². The number of hydrogen-bond acceptors (Lipinski definition) is 3. The second kappa shape index (κ2) is 8.96. The number of phenols is 2. The number of carbonyl (C=O) groups excluding carboxylic acids is 1. The summed E-state index contributed by atoms with van der Waals surface area (Å²) in [5.41, 5.74) is 2.98. The van der Waals surface area contributed by atoms with Gasteiger partial charge in [-0.15, -0.1) is 0 Å². The molecule has 0 aliphatic carbocycles. The summed E-state index contributed by atoms with van der Waals surface area (Å²) in [6.45, 7) is 2.58. The van der Waals surface area contributed by atoms with Crippen LogP contribution in [0.1, 0.15) is 42.9 Å². The van der Waals surface area contributed by atoms with Crippen molar-refractivity contribution in [1.82, 2.24) is 5.32 Å². The molecule has 0 aliphatic heterocycles. The van der Waals surface area contributed by atoms with Gasteiger partial charge in [0.1, 0.15) is 11.5 Å². The molecule has 0 aromatic heterocycles. The molecule has 0 radical (unpaired) electrons. The lowest BCUT2D eigenvalue weighted by atomic mass is 10.0. The second-order valence-electron chi connectivity index (χ2n) is 6.01. The number of phenolic OH excluding ortho intramolecular Hbond substituents is 2. The highest BCUT2D eigenvalue weighted by Crippen LogP contribution is 2.21. The highest BCUT2D eigenvalue weighted by Gasteiger charge is 2.06.